The summed E-state index contributed by atoms with van der Waals surface area (Å²) in [5.74, 6) is 5.95. The fourth-order valence-electron chi connectivity index (χ4n) is 7.83. The molecule has 0 bridgehead atoms. The maximum absolute atomic E-state index is 6.12. The van der Waals surface area contributed by atoms with Gasteiger partial charge < -0.3 is 0 Å². The van der Waals surface area contributed by atoms with E-state index in [0.29, 0.717) is 0 Å². The van der Waals surface area contributed by atoms with Crippen LogP contribution in [0.1, 0.15) is 310 Å². The molecule has 0 aromatic carbocycles. The first kappa shape index (κ1) is 70.7. The number of hydrogen-bond donors (Lipinski definition) is 0. The van der Waals surface area contributed by atoms with Crippen molar-refractivity contribution < 1.29 is 23.8 Å². The third-order valence-electron chi connectivity index (χ3n) is 12.2. The van der Waals surface area contributed by atoms with Crippen LogP contribution in [-0.4, -0.2) is 34.5 Å². The molecule has 0 spiro atoms. The summed E-state index contributed by atoms with van der Waals surface area (Å²) in [6.45, 7) is 9.17. The number of rotatable bonds is 63. The second kappa shape index (κ2) is 65.8. The van der Waals surface area contributed by atoms with E-state index in [9.17, 15) is 0 Å². The van der Waals surface area contributed by atoms with Crippen molar-refractivity contribution in [1.82, 2.24) is 0 Å². The monoisotopic (exact) mass is 1110 g/mol. The van der Waals surface area contributed by atoms with Gasteiger partial charge in [-0.25, -0.2) is 23.8 Å². The molecule has 410 valence electrons. The predicted octanol–water partition coefficient (Wildman–Crippen LogP) is 24.7. The molecule has 0 fully saturated rings. The van der Waals surface area contributed by atoms with Crippen molar-refractivity contribution in [3.63, 3.8) is 0 Å². The van der Waals surface area contributed by atoms with Crippen LogP contribution < -0.4 is 0 Å². The number of hydrogen-bond acceptors (Lipinski definition) is 12. The molecule has 6 nitrogen and oxygen atoms in total. The Hall–Kier alpha value is 2.72. The van der Waals surface area contributed by atoms with Crippen LogP contribution in [0.2, 0.25) is 0 Å². The predicted molar refractivity (Wildman–Crippen MR) is 321 cm³/mol. The fourth-order valence-corrected chi connectivity index (χ4v) is 15.5. The Balaban J connectivity index is 4.39. The smallest absolute Gasteiger partial charge is 0.239 e. The van der Waals surface area contributed by atoms with Gasteiger partial charge in [0.1, 0.15) is 0 Å². The van der Waals surface area contributed by atoms with E-state index in [-0.39, 0.29) is 0 Å². The normalized spacial score (nSPS) is 11.9. The third-order valence-corrected chi connectivity index (χ3v) is 20.4. The summed E-state index contributed by atoms with van der Waals surface area (Å²) in [5.41, 5.74) is 0. The van der Waals surface area contributed by atoms with Crippen molar-refractivity contribution in [2.75, 3.05) is 34.5 Å². The summed E-state index contributed by atoms with van der Waals surface area (Å²) in [4.78, 5) is 0. The molecule has 0 saturated heterocycles. The molecule has 0 amide bonds. The second-order valence-corrected chi connectivity index (χ2v) is 27.3. The first-order chi connectivity index (χ1) is 33.8. The van der Waals surface area contributed by atoms with Crippen LogP contribution in [0, 0.1) is 0 Å². The highest BCUT2D eigenvalue weighted by Crippen LogP contribution is 2.51. The van der Waals surface area contributed by atoms with Gasteiger partial charge in [-0.1, -0.05) is 272 Å². The van der Waals surface area contributed by atoms with Gasteiger partial charge in [0.2, 0.25) is 0 Å². The van der Waals surface area contributed by atoms with E-state index >= 15 is 0 Å². The lowest BCUT2D eigenvalue weighted by Gasteiger charge is -2.14. The van der Waals surface area contributed by atoms with E-state index in [1.807, 2.05) is 0 Å². The van der Waals surface area contributed by atoms with Crippen molar-refractivity contribution >= 4 is 89.5 Å². The minimum atomic E-state index is -1.36. The summed E-state index contributed by atoms with van der Waals surface area (Å²) in [7, 11) is -2.72. The lowest BCUT2D eigenvalue weighted by atomic mass is 10.1. The molecule has 0 aliphatic carbocycles. The molecular weight excluding hydrogens is 999 g/mol. The largest absolute Gasteiger partial charge is 0.369 e. The Morgan fingerprint density at radius 3 is 0.426 bits per heavy atom. The molecule has 0 aliphatic rings. The number of unbranched alkanes of at least 4 members (excludes halogenated alkanes) is 39. The van der Waals surface area contributed by atoms with Crippen LogP contribution in [0.25, 0.3) is 0 Å². The molecule has 0 aliphatic heterocycles. The SMILES string of the molecule is CCCCCCCCCCCCSOP(OSCCCCCCCCCCCC)OSCCCCCCSOP(OSCCCCCCCCCCCC)OSCCCCCCCCCCCC. The zero-order valence-electron chi connectivity index (χ0n) is 45.1. The van der Waals surface area contributed by atoms with E-state index < -0.39 is 17.2 Å². The van der Waals surface area contributed by atoms with Gasteiger partial charge in [-0.3, -0.25) is 0 Å². The minimum Gasteiger partial charge on any atom is -0.239 e. The Bertz CT molecular complexity index is 774. The average Bonchev–Trinajstić information content (AvgIpc) is 3.35. The Morgan fingerprint density at radius 2 is 0.294 bits per heavy atom. The van der Waals surface area contributed by atoms with E-state index in [0.717, 1.165) is 47.4 Å². The lowest BCUT2D eigenvalue weighted by Crippen LogP contribution is -1.90. The summed E-state index contributed by atoms with van der Waals surface area (Å²) in [6, 6.07) is 0. The molecule has 0 heterocycles. The first-order valence-corrected chi connectivity index (χ1v) is 36.8. The van der Waals surface area contributed by atoms with Gasteiger partial charge >= 0.3 is 17.2 Å². The molecule has 0 N–H and O–H groups in total. The summed E-state index contributed by atoms with van der Waals surface area (Å²) < 4.78 is 36.7. The fraction of sp³-hybridized carbons (Fsp3) is 1.00. The van der Waals surface area contributed by atoms with Crippen LogP contribution in [0.5, 0.6) is 0 Å². The Labute approximate surface area is 454 Å². The maximum atomic E-state index is 6.12. The molecule has 68 heavy (non-hydrogen) atoms. The van der Waals surface area contributed by atoms with Gasteiger partial charge in [0, 0.05) is 107 Å². The molecule has 0 radical (unpaired) electrons. The average molecular weight is 1110 g/mol. The van der Waals surface area contributed by atoms with Crippen LogP contribution >= 0.6 is 89.5 Å². The van der Waals surface area contributed by atoms with E-state index in [1.165, 1.54) is 294 Å². The highest BCUT2D eigenvalue weighted by Gasteiger charge is 2.17. The molecule has 0 aromatic rings. The van der Waals surface area contributed by atoms with Crippen LogP contribution in [0.15, 0.2) is 0 Å². The van der Waals surface area contributed by atoms with Gasteiger partial charge in [0.15, 0.2) is 0 Å². The van der Waals surface area contributed by atoms with Crippen LogP contribution in [-0.2, 0) is 23.8 Å². The van der Waals surface area contributed by atoms with Crippen molar-refractivity contribution in [3.8, 4) is 0 Å². The first-order valence-electron chi connectivity index (χ1n) is 29.2. The third kappa shape index (κ3) is 61.3. The highest BCUT2D eigenvalue weighted by molar-refractivity contribution is 8.04. The van der Waals surface area contributed by atoms with Gasteiger partial charge in [-0.15, -0.1) is 0 Å². The quantitative estimate of drug-likeness (QED) is 0.0331. The van der Waals surface area contributed by atoms with E-state index in [4.69, 9.17) is 23.8 Å². The molecule has 0 saturated carbocycles. The van der Waals surface area contributed by atoms with Gasteiger partial charge in [0.25, 0.3) is 0 Å². The molecule has 14 heteroatoms. The lowest BCUT2D eigenvalue weighted by molar-refractivity contribution is 0.465. The molecule has 0 atom stereocenters. The minimum absolute atomic E-state index is 0.959. The molecular formula is C54H112O6P2S6. The summed E-state index contributed by atoms with van der Waals surface area (Å²) in [6.07, 6.45) is 58.8. The summed E-state index contributed by atoms with van der Waals surface area (Å²) >= 11 is 9.24. The second-order valence-electron chi connectivity index (χ2n) is 19.0. The van der Waals surface area contributed by atoms with Gasteiger partial charge in [-0.2, -0.15) is 0 Å². The van der Waals surface area contributed by atoms with Crippen molar-refractivity contribution in [3.05, 3.63) is 0 Å². The zero-order chi connectivity index (χ0) is 49.0. The standard InChI is InChI=1S/C54H112O6P2S6/c1-5-9-13-17-21-25-29-33-37-43-49-63-55-61(56-64-50-44-38-34-30-26-22-18-14-10-6-2)59-67-53-47-41-42-48-54-68-60-62(57-65-51-45-39-35-31-27-23-19-15-11-7-3)58-66-52-46-40-36-32-28-24-20-16-12-8-4/h5-54H2,1-4H3. The van der Waals surface area contributed by atoms with E-state index in [2.05, 4.69) is 27.7 Å². The molecule has 0 rings (SSSR count). The van der Waals surface area contributed by atoms with Gasteiger partial charge in [-0.05, 0) is 38.5 Å². The molecule has 0 unspecified atom stereocenters. The van der Waals surface area contributed by atoms with Crippen LogP contribution in [0.3, 0.4) is 0 Å². The Kier molecular flexibility index (Phi) is 68.5. The van der Waals surface area contributed by atoms with Crippen molar-refractivity contribution in [1.29, 1.82) is 0 Å². The van der Waals surface area contributed by atoms with Crippen LogP contribution in [0.4, 0.5) is 0 Å². The van der Waals surface area contributed by atoms with E-state index in [1.54, 1.807) is 48.2 Å². The van der Waals surface area contributed by atoms with Gasteiger partial charge in [0.05, 0.1) is 0 Å². The topological polar surface area (TPSA) is 55.4 Å². The Morgan fingerprint density at radius 1 is 0.176 bits per heavy atom. The zero-order valence-corrected chi connectivity index (χ0v) is 51.8. The van der Waals surface area contributed by atoms with Crippen molar-refractivity contribution in [2.45, 2.75) is 310 Å². The highest BCUT2D eigenvalue weighted by atomic mass is 32.2. The maximum Gasteiger partial charge on any atom is 0.369 e. The van der Waals surface area contributed by atoms with Crippen molar-refractivity contribution in [2.24, 2.45) is 0 Å². The molecule has 0 aromatic heterocycles. The summed E-state index contributed by atoms with van der Waals surface area (Å²) in [5, 5.41) is 0.